The Morgan fingerprint density at radius 1 is 1.13 bits per heavy atom. The van der Waals surface area contributed by atoms with Crippen molar-refractivity contribution in [2.24, 2.45) is 22.7 Å². The summed E-state index contributed by atoms with van der Waals surface area (Å²) in [5.74, 6) is -0.365. The van der Waals surface area contributed by atoms with Crippen LogP contribution in [-0.2, 0) is 23.7 Å². The molecule has 0 spiro atoms. The van der Waals surface area contributed by atoms with Gasteiger partial charge in [0.1, 0.15) is 12.3 Å². The van der Waals surface area contributed by atoms with Crippen LogP contribution in [0.25, 0.3) is 0 Å². The topological polar surface area (TPSA) is 146 Å². The summed E-state index contributed by atoms with van der Waals surface area (Å²) in [6.45, 7) is 9.14. The molecular weight excluding hydrogens is 506 g/mol. The third-order valence-electron chi connectivity index (χ3n) is 7.48. The summed E-state index contributed by atoms with van der Waals surface area (Å²) >= 11 is 0. The molecule has 0 aromatic rings. The quantitative estimate of drug-likeness (QED) is 0.144. The zero-order chi connectivity index (χ0) is 28.5. The number of methoxy groups -OCH3 is 3. The van der Waals surface area contributed by atoms with Gasteiger partial charge in [-0.1, -0.05) is 26.8 Å². The van der Waals surface area contributed by atoms with Gasteiger partial charge in [0.2, 0.25) is 5.91 Å². The summed E-state index contributed by atoms with van der Waals surface area (Å²) in [7, 11) is 4.86. The van der Waals surface area contributed by atoms with E-state index in [2.05, 4.69) is 42.9 Å². The SMILES string of the molecule is COCCCO[C@@H]1C(C)C=C2CC(C(C)C)C3=C(NC(=O)[C@@H](N(O)NCCOC)C3O)C2=NC1NCCOC. The minimum Gasteiger partial charge on any atom is -0.386 e. The second-order valence-corrected chi connectivity index (χ2v) is 10.6. The van der Waals surface area contributed by atoms with E-state index in [1.54, 1.807) is 21.3 Å². The Balaban J connectivity index is 2.01. The Morgan fingerprint density at radius 2 is 1.82 bits per heavy atom. The van der Waals surface area contributed by atoms with Crippen LogP contribution in [0.15, 0.2) is 27.9 Å². The van der Waals surface area contributed by atoms with Gasteiger partial charge in [-0.25, -0.2) is 5.43 Å². The van der Waals surface area contributed by atoms with Crippen LogP contribution >= 0.6 is 0 Å². The average molecular weight is 554 g/mol. The van der Waals surface area contributed by atoms with Crippen molar-refractivity contribution in [2.45, 2.75) is 58.0 Å². The molecule has 0 saturated carbocycles. The Labute approximate surface area is 231 Å². The number of allylic oxidation sites excluding steroid dienone is 1. The first-order valence-electron chi connectivity index (χ1n) is 13.8. The maximum Gasteiger partial charge on any atom is 0.248 e. The maximum atomic E-state index is 13.3. The molecule has 0 fully saturated rings. The molecule has 0 aromatic heterocycles. The first-order chi connectivity index (χ1) is 18.7. The number of nitrogens with zero attached hydrogens (tertiary/aromatic N) is 2. The van der Waals surface area contributed by atoms with Gasteiger partial charge in [0, 0.05) is 53.6 Å². The Hall–Kier alpha value is -1.74. The number of aliphatic imine (C=N–C) groups is 1. The van der Waals surface area contributed by atoms with Crippen molar-refractivity contribution in [2.75, 3.05) is 60.8 Å². The van der Waals surface area contributed by atoms with E-state index in [-0.39, 0.29) is 30.4 Å². The number of ether oxygens (including phenoxy) is 4. The van der Waals surface area contributed by atoms with E-state index >= 15 is 0 Å². The number of hydrogen-bond donors (Lipinski definition) is 5. The lowest BCUT2D eigenvalue weighted by Crippen LogP contribution is -2.62. The molecule has 3 rings (SSSR count). The summed E-state index contributed by atoms with van der Waals surface area (Å²) in [4.78, 5) is 18.4. The number of carbonyl (C=O) groups is 1. The Morgan fingerprint density at radius 3 is 2.49 bits per heavy atom. The second kappa shape index (κ2) is 15.3. The lowest BCUT2D eigenvalue weighted by atomic mass is 9.71. The predicted molar refractivity (Wildman–Crippen MR) is 146 cm³/mol. The molecule has 2 aliphatic heterocycles. The molecule has 5 N–H and O–H groups in total. The van der Waals surface area contributed by atoms with Gasteiger partial charge in [0.15, 0.2) is 6.04 Å². The molecule has 1 aliphatic carbocycles. The van der Waals surface area contributed by atoms with Crippen molar-refractivity contribution in [3.8, 4) is 0 Å². The smallest absolute Gasteiger partial charge is 0.248 e. The molecular formula is C27H47N5O7. The standard InChI is InChI=1S/C27H47N5O7/c1-16(2)19-15-18-14-17(3)25(39-11-7-10-36-4)26(28-8-12-37-5)30-21(18)22-20(19)24(33)23(27(34)31-22)32(35)29-9-13-38-6/h14,16-17,19,23-26,28-29,33,35H,7-13,15H2,1-6H3,(H,31,34)/t17?,19?,23-,24?,25+,26?/m0/s1. The lowest BCUT2D eigenvalue weighted by molar-refractivity contribution is -0.196. The monoisotopic (exact) mass is 553 g/mol. The van der Waals surface area contributed by atoms with E-state index in [1.165, 1.54) is 0 Å². The summed E-state index contributed by atoms with van der Waals surface area (Å²) < 4.78 is 21.8. The van der Waals surface area contributed by atoms with Gasteiger partial charge in [-0.05, 0) is 35.8 Å². The van der Waals surface area contributed by atoms with Crippen LogP contribution in [0.3, 0.4) is 0 Å². The van der Waals surface area contributed by atoms with Crippen molar-refractivity contribution < 1.29 is 34.1 Å². The van der Waals surface area contributed by atoms with Crippen LogP contribution in [0.4, 0.5) is 0 Å². The van der Waals surface area contributed by atoms with Crippen LogP contribution in [0.1, 0.15) is 33.6 Å². The van der Waals surface area contributed by atoms with Gasteiger partial charge in [-0.2, -0.15) is 0 Å². The molecule has 4 unspecified atom stereocenters. The number of amides is 1. The van der Waals surface area contributed by atoms with E-state index in [0.717, 1.165) is 12.0 Å². The van der Waals surface area contributed by atoms with E-state index < -0.39 is 24.2 Å². The molecule has 0 radical (unpaired) electrons. The Kier molecular flexibility index (Phi) is 12.5. The molecule has 0 aromatic carbocycles. The molecule has 2 heterocycles. The van der Waals surface area contributed by atoms with Crippen molar-refractivity contribution in [3.63, 3.8) is 0 Å². The zero-order valence-corrected chi connectivity index (χ0v) is 24.1. The first kappa shape index (κ1) is 31.8. The van der Waals surface area contributed by atoms with Crippen LogP contribution in [0, 0.1) is 17.8 Å². The predicted octanol–water partition coefficient (Wildman–Crippen LogP) is 0.619. The highest BCUT2D eigenvalue weighted by Crippen LogP contribution is 2.42. The number of aliphatic hydroxyl groups is 1. The fourth-order valence-corrected chi connectivity index (χ4v) is 5.48. The molecule has 222 valence electrons. The minimum absolute atomic E-state index is 0.0358. The lowest BCUT2D eigenvalue weighted by Gasteiger charge is -2.43. The number of hydrogen-bond acceptors (Lipinski definition) is 11. The maximum absolute atomic E-state index is 13.3. The second-order valence-electron chi connectivity index (χ2n) is 10.6. The molecule has 0 bridgehead atoms. The number of aliphatic hydroxyl groups excluding tert-OH is 1. The van der Waals surface area contributed by atoms with Gasteiger partial charge in [-0.3, -0.25) is 20.3 Å². The first-order valence-corrected chi connectivity index (χ1v) is 13.8. The van der Waals surface area contributed by atoms with Crippen LogP contribution in [-0.4, -0.2) is 112 Å². The molecule has 12 heteroatoms. The molecule has 0 saturated heterocycles. The number of carbonyl (C=O) groups excluding carboxylic acids is 1. The van der Waals surface area contributed by atoms with E-state index in [9.17, 15) is 15.1 Å². The molecule has 12 nitrogen and oxygen atoms in total. The molecule has 6 atom stereocenters. The Bertz CT molecular complexity index is 909. The van der Waals surface area contributed by atoms with Crippen molar-refractivity contribution >= 4 is 11.6 Å². The normalized spacial score (nSPS) is 29.1. The number of fused-ring (bicyclic) bond motifs is 2. The summed E-state index contributed by atoms with van der Waals surface area (Å²) in [5, 5.41) is 29.3. The highest BCUT2D eigenvalue weighted by molar-refractivity contribution is 6.16. The third-order valence-corrected chi connectivity index (χ3v) is 7.48. The number of nitrogens with one attached hydrogen (secondary N) is 3. The van der Waals surface area contributed by atoms with E-state index in [0.29, 0.717) is 61.5 Å². The summed E-state index contributed by atoms with van der Waals surface area (Å²) in [6, 6.07) is -1.22. The van der Waals surface area contributed by atoms with Crippen molar-refractivity contribution in [1.29, 1.82) is 0 Å². The summed E-state index contributed by atoms with van der Waals surface area (Å²) in [5.41, 5.74) is 5.60. The molecule has 3 aliphatic rings. The van der Waals surface area contributed by atoms with Crippen LogP contribution in [0.2, 0.25) is 0 Å². The summed E-state index contributed by atoms with van der Waals surface area (Å²) in [6.07, 6.45) is 1.73. The number of rotatable bonds is 15. The minimum atomic E-state index is -1.23. The van der Waals surface area contributed by atoms with E-state index in [1.807, 2.05) is 0 Å². The van der Waals surface area contributed by atoms with Gasteiger partial charge in [0.25, 0.3) is 0 Å². The zero-order valence-electron chi connectivity index (χ0n) is 24.1. The van der Waals surface area contributed by atoms with E-state index in [4.69, 9.17) is 23.9 Å². The fraction of sp³-hybridized carbons (Fsp3) is 0.778. The van der Waals surface area contributed by atoms with Crippen LogP contribution in [0.5, 0.6) is 0 Å². The van der Waals surface area contributed by atoms with Gasteiger partial charge in [-0.15, -0.1) is 5.17 Å². The third kappa shape index (κ3) is 7.72. The number of hydroxylamine groups is 1. The number of hydrazine groups is 1. The van der Waals surface area contributed by atoms with Crippen LogP contribution < -0.4 is 16.1 Å². The van der Waals surface area contributed by atoms with Crippen molar-refractivity contribution in [3.05, 3.63) is 22.9 Å². The van der Waals surface area contributed by atoms with Gasteiger partial charge < -0.3 is 29.4 Å². The fourth-order valence-electron chi connectivity index (χ4n) is 5.48. The highest BCUT2D eigenvalue weighted by Gasteiger charge is 2.48. The average Bonchev–Trinajstić information content (AvgIpc) is 3.02. The van der Waals surface area contributed by atoms with Gasteiger partial charge in [0.05, 0.1) is 30.7 Å². The molecule has 1 amide bonds. The largest absolute Gasteiger partial charge is 0.386 e. The van der Waals surface area contributed by atoms with Crippen molar-refractivity contribution in [1.82, 2.24) is 21.2 Å². The highest BCUT2D eigenvalue weighted by atomic mass is 16.5. The van der Waals surface area contributed by atoms with Gasteiger partial charge >= 0.3 is 0 Å². The molecule has 39 heavy (non-hydrogen) atoms.